The number of alkyl carbamates (subject to hydrolysis) is 1. The van der Waals surface area contributed by atoms with Gasteiger partial charge in [0.1, 0.15) is 42.5 Å². The summed E-state index contributed by atoms with van der Waals surface area (Å²) >= 11 is 0. The van der Waals surface area contributed by atoms with E-state index in [0.29, 0.717) is 39.6 Å². The molecule has 0 spiro atoms. The van der Waals surface area contributed by atoms with E-state index in [-0.39, 0.29) is 25.2 Å². The fraction of sp³-hybridized carbons (Fsp3) is 0.312. The highest BCUT2D eigenvalue weighted by Crippen LogP contribution is 2.32. The van der Waals surface area contributed by atoms with E-state index in [9.17, 15) is 14.7 Å². The Morgan fingerprint density at radius 2 is 1.81 bits per heavy atom. The Balaban J connectivity index is 1.64. The summed E-state index contributed by atoms with van der Waals surface area (Å²) in [5, 5.41) is 16.2. The zero-order valence-corrected chi connectivity index (χ0v) is 24.8. The minimum Gasteiger partial charge on any atom is -0.489 e. The minimum atomic E-state index is -0.970. The predicted octanol–water partition coefficient (Wildman–Crippen LogP) is 5.99. The standard InChI is InChI=1S/C32H35FN4O6/c1-20(35-31(40)43-32(2,3)4)25-10-8-11-26(30(25)33)23-13-21(14-24(15-23)41-18-28-34-19-37(5)36-28)17-42-27-12-7-6-9-22(27)16-29(38)39/h6-15,19-20H,16-18H2,1-5H3,(H,35,40)(H,38,39). The van der Waals surface area contributed by atoms with Gasteiger partial charge >= 0.3 is 12.1 Å². The van der Waals surface area contributed by atoms with Crippen LogP contribution in [0.1, 0.15) is 56.3 Å². The van der Waals surface area contributed by atoms with Gasteiger partial charge in [0.2, 0.25) is 0 Å². The van der Waals surface area contributed by atoms with Crippen molar-refractivity contribution in [2.75, 3.05) is 0 Å². The minimum absolute atomic E-state index is 0.0700. The van der Waals surface area contributed by atoms with Crippen LogP contribution in [-0.2, 0) is 36.2 Å². The first-order chi connectivity index (χ1) is 20.4. The Bertz CT molecular complexity index is 1600. The van der Waals surface area contributed by atoms with Gasteiger partial charge in [-0.1, -0.05) is 36.4 Å². The topological polar surface area (TPSA) is 125 Å². The molecule has 0 saturated carbocycles. The molecule has 4 rings (SSSR count). The first-order valence-corrected chi connectivity index (χ1v) is 13.7. The third kappa shape index (κ3) is 8.78. The number of carboxylic acids is 1. The summed E-state index contributed by atoms with van der Waals surface area (Å²) in [5.74, 6) is -0.128. The van der Waals surface area contributed by atoms with Crippen molar-refractivity contribution in [1.29, 1.82) is 0 Å². The Morgan fingerprint density at radius 1 is 1.05 bits per heavy atom. The molecule has 3 aromatic carbocycles. The molecule has 43 heavy (non-hydrogen) atoms. The maximum absolute atomic E-state index is 16.0. The molecule has 1 aromatic heterocycles. The van der Waals surface area contributed by atoms with Crippen LogP contribution in [0.4, 0.5) is 9.18 Å². The van der Waals surface area contributed by atoms with Crippen LogP contribution in [-0.4, -0.2) is 37.5 Å². The van der Waals surface area contributed by atoms with E-state index in [1.165, 1.54) is 0 Å². The summed E-state index contributed by atoms with van der Waals surface area (Å²) < 4.78 is 34.9. The van der Waals surface area contributed by atoms with Crippen LogP contribution >= 0.6 is 0 Å². The molecule has 226 valence electrons. The normalized spacial score (nSPS) is 12.0. The largest absolute Gasteiger partial charge is 0.489 e. The van der Waals surface area contributed by atoms with Gasteiger partial charge in [0.15, 0.2) is 5.82 Å². The number of hydrogen-bond acceptors (Lipinski definition) is 7. The molecular formula is C32H35FN4O6. The second-order valence-electron chi connectivity index (χ2n) is 11.0. The van der Waals surface area contributed by atoms with Crippen molar-refractivity contribution < 1.29 is 33.3 Å². The lowest BCUT2D eigenvalue weighted by atomic mass is 9.97. The molecule has 10 nitrogen and oxygen atoms in total. The van der Waals surface area contributed by atoms with E-state index in [4.69, 9.17) is 14.2 Å². The Kier molecular flexibility index (Phi) is 9.64. The van der Waals surface area contributed by atoms with Crippen LogP contribution in [0.25, 0.3) is 11.1 Å². The number of aromatic nitrogens is 3. The molecule has 1 unspecified atom stereocenters. The number of hydrogen-bond donors (Lipinski definition) is 2. The summed E-state index contributed by atoms with van der Waals surface area (Å²) in [6.45, 7) is 7.10. The van der Waals surface area contributed by atoms with Gasteiger partial charge in [-0.3, -0.25) is 9.48 Å². The van der Waals surface area contributed by atoms with Crippen LogP contribution in [0.2, 0.25) is 0 Å². The number of carboxylic acid groups (broad SMARTS) is 1. The van der Waals surface area contributed by atoms with Crippen molar-refractivity contribution >= 4 is 12.1 Å². The highest BCUT2D eigenvalue weighted by molar-refractivity contribution is 5.72. The summed E-state index contributed by atoms with van der Waals surface area (Å²) in [5.41, 5.74) is 1.61. The lowest BCUT2D eigenvalue weighted by molar-refractivity contribution is -0.136. The molecule has 0 aliphatic carbocycles. The fourth-order valence-electron chi connectivity index (χ4n) is 4.36. The van der Waals surface area contributed by atoms with Crippen molar-refractivity contribution in [2.45, 2.75) is 59.0 Å². The summed E-state index contributed by atoms with van der Waals surface area (Å²) in [7, 11) is 1.75. The third-order valence-electron chi connectivity index (χ3n) is 6.23. The molecule has 1 heterocycles. The number of aliphatic carboxylic acids is 1. The van der Waals surface area contributed by atoms with Crippen LogP contribution in [0.15, 0.2) is 67.0 Å². The summed E-state index contributed by atoms with van der Waals surface area (Å²) in [4.78, 5) is 27.8. The van der Waals surface area contributed by atoms with Crippen molar-refractivity contribution in [3.8, 4) is 22.6 Å². The molecule has 0 radical (unpaired) electrons. The Morgan fingerprint density at radius 3 is 2.51 bits per heavy atom. The highest BCUT2D eigenvalue weighted by atomic mass is 19.1. The van der Waals surface area contributed by atoms with E-state index in [0.717, 1.165) is 0 Å². The third-order valence-corrected chi connectivity index (χ3v) is 6.23. The monoisotopic (exact) mass is 590 g/mol. The number of halogens is 1. The number of rotatable bonds is 11. The first kappa shape index (κ1) is 31.0. The lowest BCUT2D eigenvalue weighted by Gasteiger charge is -2.22. The van der Waals surface area contributed by atoms with Crippen LogP contribution < -0.4 is 14.8 Å². The zero-order chi connectivity index (χ0) is 31.1. The molecule has 4 aromatic rings. The summed E-state index contributed by atoms with van der Waals surface area (Å²) in [6.07, 6.45) is 0.733. The molecular weight excluding hydrogens is 555 g/mol. The van der Waals surface area contributed by atoms with Crippen molar-refractivity contribution in [2.24, 2.45) is 7.05 Å². The maximum atomic E-state index is 16.0. The van der Waals surface area contributed by atoms with E-state index < -0.39 is 29.5 Å². The number of benzene rings is 3. The first-order valence-electron chi connectivity index (χ1n) is 13.7. The molecule has 0 saturated heterocycles. The molecule has 0 aliphatic heterocycles. The van der Waals surface area contributed by atoms with E-state index >= 15 is 4.39 Å². The molecule has 2 N–H and O–H groups in total. The number of amides is 1. The van der Waals surface area contributed by atoms with Gasteiger partial charge in [-0.2, -0.15) is 5.10 Å². The number of aryl methyl sites for hydroxylation is 1. The van der Waals surface area contributed by atoms with Gasteiger partial charge in [0.25, 0.3) is 0 Å². The van der Waals surface area contributed by atoms with E-state index in [1.54, 1.807) is 106 Å². The van der Waals surface area contributed by atoms with Gasteiger partial charge < -0.3 is 24.6 Å². The number of nitrogens with zero attached hydrogens (tertiary/aromatic N) is 3. The van der Waals surface area contributed by atoms with Gasteiger partial charge in [0.05, 0.1) is 12.5 Å². The number of carbonyl (C=O) groups excluding carboxylic acids is 1. The number of nitrogens with one attached hydrogen (secondary N) is 1. The second-order valence-corrected chi connectivity index (χ2v) is 11.0. The van der Waals surface area contributed by atoms with Crippen molar-refractivity contribution in [3.05, 3.63) is 95.3 Å². The van der Waals surface area contributed by atoms with Crippen LogP contribution in [0.5, 0.6) is 11.5 Å². The smallest absolute Gasteiger partial charge is 0.408 e. The second kappa shape index (κ2) is 13.4. The Hall–Kier alpha value is -4.93. The Labute approximate surface area is 249 Å². The number of para-hydroxylation sites is 1. The lowest BCUT2D eigenvalue weighted by Crippen LogP contribution is -2.34. The molecule has 0 aliphatic rings. The molecule has 1 atom stereocenters. The van der Waals surface area contributed by atoms with Gasteiger partial charge in [-0.25, -0.2) is 14.2 Å². The van der Waals surface area contributed by atoms with Gasteiger partial charge in [-0.15, -0.1) is 0 Å². The fourth-order valence-corrected chi connectivity index (χ4v) is 4.36. The average Bonchev–Trinajstić information content (AvgIpc) is 3.35. The molecule has 1 amide bonds. The molecule has 11 heteroatoms. The SMILES string of the molecule is CC(NC(=O)OC(C)(C)C)c1cccc(-c2cc(COc3ccccc3CC(=O)O)cc(OCc3ncn(C)n3)c2)c1F. The molecule has 0 fully saturated rings. The van der Waals surface area contributed by atoms with Crippen LogP contribution in [0.3, 0.4) is 0 Å². The van der Waals surface area contributed by atoms with Crippen molar-refractivity contribution in [1.82, 2.24) is 20.1 Å². The highest BCUT2D eigenvalue weighted by Gasteiger charge is 2.21. The van der Waals surface area contributed by atoms with E-state index in [1.807, 2.05) is 0 Å². The zero-order valence-electron chi connectivity index (χ0n) is 24.8. The van der Waals surface area contributed by atoms with Crippen LogP contribution in [0, 0.1) is 5.82 Å². The van der Waals surface area contributed by atoms with Crippen molar-refractivity contribution in [3.63, 3.8) is 0 Å². The molecule has 0 bridgehead atoms. The maximum Gasteiger partial charge on any atom is 0.408 e. The quantitative estimate of drug-likeness (QED) is 0.218. The average molecular weight is 591 g/mol. The summed E-state index contributed by atoms with van der Waals surface area (Å²) in [6, 6.07) is 16.5. The number of carbonyl (C=O) groups is 2. The predicted molar refractivity (Wildman–Crippen MR) is 157 cm³/mol. The van der Waals surface area contributed by atoms with Gasteiger partial charge in [-0.05, 0) is 63.1 Å². The van der Waals surface area contributed by atoms with Gasteiger partial charge in [0, 0.05) is 23.7 Å². The number of ether oxygens (including phenoxy) is 3. The van der Waals surface area contributed by atoms with E-state index in [2.05, 4.69) is 15.4 Å².